The second-order valence-corrected chi connectivity index (χ2v) is 3.45. The first kappa shape index (κ1) is 12.6. The van der Waals surface area contributed by atoms with E-state index < -0.39 is 17.3 Å². The Bertz CT molecular complexity index is 400. The highest BCUT2D eigenvalue weighted by Crippen LogP contribution is 2.28. The maximum Gasteiger partial charge on any atom is 0.247 e. The van der Waals surface area contributed by atoms with Crippen molar-refractivity contribution in [1.29, 1.82) is 0 Å². The highest BCUT2D eigenvalue weighted by molar-refractivity contribution is 5.79. The molecule has 0 radical (unpaired) electrons. The van der Waals surface area contributed by atoms with Crippen LogP contribution in [0.1, 0.15) is 5.56 Å². The van der Waals surface area contributed by atoms with Crippen molar-refractivity contribution in [3.63, 3.8) is 0 Å². The number of aromatic hydroxyl groups is 2. The van der Waals surface area contributed by atoms with Gasteiger partial charge in [0.15, 0.2) is 17.3 Å². The third-order valence-electron chi connectivity index (χ3n) is 2.29. The van der Waals surface area contributed by atoms with Crippen LogP contribution in [-0.2, 0) is 6.42 Å². The van der Waals surface area contributed by atoms with Gasteiger partial charge in [0.2, 0.25) is 5.84 Å². The largest absolute Gasteiger partial charge is 1.00 e. The van der Waals surface area contributed by atoms with E-state index in [-0.39, 0.29) is 12.4 Å². The number of phenolic OH excluding ortho intramolecular Hbond substituents is 2. The lowest BCUT2D eigenvalue weighted by Crippen LogP contribution is -3.00. The molecule has 1 heterocycles. The molecule has 4 nitrogen and oxygen atoms in total. The molecule has 1 aliphatic rings. The maximum atomic E-state index is 13.1. The lowest BCUT2D eigenvalue weighted by Gasteiger charge is -2.02. The molecule has 0 aliphatic carbocycles. The Hall–Kier alpha value is -1.49. The minimum Gasteiger partial charge on any atom is -1.00 e. The average molecular weight is 247 g/mol. The summed E-state index contributed by atoms with van der Waals surface area (Å²) in [5.41, 5.74) is 0.611. The summed E-state index contributed by atoms with van der Waals surface area (Å²) in [5, 5.41) is 21.3. The quantitative estimate of drug-likeness (QED) is 0.401. The highest BCUT2D eigenvalue weighted by Gasteiger charge is 2.15. The number of halogens is 2. The van der Waals surface area contributed by atoms with Gasteiger partial charge < -0.3 is 22.6 Å². The molecule has 4 N–H and O–H groups in total. The molecule has 0 saturated carbocycles. The van der Waals surface area contributed by atoms with Gasteiger partial charge in [-0.1, -0.05) is 0 Å². The van der Waals surface area contributed by atoms with Crippen LogP contribution in [0, 0.1) is 5.82 Å². The van der Waals surface area contributed by atoms with Gasteiger partial charge in [-0.3, -0.25) is 10.3 Å². The zero-order chi connectivity index (χ0) is 10.8. The number of benzene rings is 1. The highest BCUT2D eigenvalue weighted by atomic mass is 35.5. The fraction of sp³-hybridized carbons (Fsp3) is 0.300. The summed E-state index contributed by atoms with van der Waals surface area (Å²) in [5.74, 6) is -1.03. The summed E-state index contributed by atoms with van der Waals surface area (Å²) in [6.45, 7) is 1.70. The van der Waals surface area contributed by atoms with E-state index in [1.807, 2.05) is 0 Å². The van der Waals surface area contributed by atoms with Gasteiger partial charge in [0.25, 0.3) is 0 Å². The fourth-order valence-electron chi connectivity index (χ4n) is 1.56. The summed E-state index contributed by atoms with van der Waals surface area (Å²) in [4.78, 5) is 3.10. The van der Waals surface area contributed by atoms with Gasteiger partial charge in [0.1, 0.15) is 13.1 Å². The normalized spacial score (nSPS) is 13.9. The monoisotopic (exact) mass is 246 g/mol. The average Bonchev–Trinajstić information content (AvgIpc) is 2.66. The van der Waals surface area contributed by atoms with E-state index >= 15 is 0 Å². The van der Waals surface area contributed by atoms with Crippen molar-refractivity contribution >= 4 is 5.84 Å². The molecule has 1 aromatic rings. The van der Waals surface area contributed by atoms with E-state index in [1.54, 1.807) is 0 Å². The van der Waals surface area contributed by atoms with E-state index in [4.69, 9.17) is 5.11 Å². The molecular weight excluding hydrogens is 235 g/mol. The van der Waals surface area contributed by atoms with Gasteiger partial charge in [0, 0.05) is 0 Å². The van der Waals surface area contributed by atoms with Crippen LogP contribution in [0.25, 0.3) is 0 Å². The first-order chi connectivity index (χ1) is 7.16. The standard InChI is InChI=1S/C10H11FN2O2.ClH/c11-7-3-6(4-8(14)10(7)15)5-9-12-1-2-13-9;/h3-4,14-15H,1-2,5H2,(H,12,13);1H. The minimum absolute atomic E-state index is 0. The molecule has 0 spiro atoms. The molecule has 2 rings (SSSR count). The van der Waals surface area contributed by atoms with E-state index in [2.05, 4.69) is 10.3 Å². The number of nitrogens with one attached hydrogen (secondary N) is 2. The smallest absolute Gasteiger partial charge is 0.247 e. The van der Waals surface area contributed by atoms with Gasteiger partial charge in [-0.15, -0.1) is 0 Å². The van der Waals surface area contributed by atoms with Gasteiger partial charge in [-0.05, 0) is 17.7 Å². The molecule has 1 aromatic carbocycles. The van der Waals surface area contributed by atoms with Crippen LogP contribution in [0.4, 0.5) is 4.39 Å². The summed E-state index contributed by atoms with van der Waals surface area (Å²) >= 11 is 0. The van der Waals surface area contributed by atoms with Crippen molar-refractivity contribution < 1.29 is 32.0 Å². The first-order valence-corrected chi connectivity index (χ1v) is 4.71. The van der Waals surface area contributed by atoms with Crippen molar-refractivity contribution in [3.05, 3.63) is 23.5 Å². The van der Waals surface area contributed by atoms with Crippen molar-refractivity contribution in [2.24, 2.45) is 0 Å². The Morgan fingerprint density at radius 2 is 2.12 bits per heavy atom. The topological polar surface area (TPSA) is 66.5 Å². The summed E-state index contributed by atoms with van der Waals surface area (Å²) in [6.07, 6.45) is 0.491. The SMILES string of the molecule is Oc1cc(CC2=[NH+]CCN2)cc(F)c1O.[Cl-]. The molecule has 0 unspecified atom stereocenters. The Kier molecular flexibility index (Phi) is 3.95. The van der Waals surface area contributed by atoms with Crippen LogP contribution in [0.15, 0.2) is 12.1 Å². The Labute approximate surface area is 98.2 Å². The number of amidine groups is 1. The number of hydrogen-bond donors (Lipinski definition) is 4. The summed E-state index contributed by atoms with van der Waals surface area (Å²) < 4.78 is 13.1. The second-order valence-electron chi connectivity index (χ2n) is 3.45. The van der Waals surface area contributed by atoms with E-state index in [9.17, 15) is 9.50 Å². The molecule has 88 valence electrons. The molecule has 16 heavy (non-hydrogen) atoms. The molecule has 0 bridgehead atoms. The fourth-order valence-corrected chi connectivity index (χ4v) is 1.56. The summed E-state index contributed by atoms with van der Waals surface area (Å²) in [7, 11) is 0. The third kappa shape index (κ3) is 2.55. The Morgan fingerprint density at radius 1 is 1.38 bits per heavy atom. The Morgan fingerprint density at radius 3 is 2.69 bits per heavy atom. The second kappa shape index (κ2) is 5.03. The van der Waals surface area contributed by atoms with E-state index in [0.29, 0.717) is 12.0 Å². The van der Waals surface area contributed by atoms with Gasteiger partial charge in [-0.2, -0.15) is 0 Å². The van der Waals surface area contributed by atoms with Crippen LogP contribution in [0.5, 0.6) is 11.5 Å². The number of phenols is 2. The third-order valence-corrected chi connectivity index (χ3v) is 2.29. The minimum atomic E-state index is -0.802. The number of rotatable bonds is 2. The first-order valence-electron chi connectivity index (χ1n) is 4.71. The molecule has 0 saturated heterocycles. The van der Waals surface area contributed by atoms with Crippen molar-refractivity contribution in [2.75, 3.05) is 13.1 Å². The molecule has 0 amide bonds. The van der Waals surface area contributed by atoms with E-state index in [0.717, 1.165) is 18.9 Å². The van der Waals surface area contributed by atoms with Crippen LogP contribution in [-0.4, -0.2) is 29.1 Å². The molecular formula is C10H12ClFN2O2. The zero-order valence-electron chi connectivity index (χ0n) is 8.43. The zero-order valence-corrected chi connectivity index (χ0v) is 9.18. The van der Waals surface area contributed by atoms with Crippen LogP contribution in [0.2, 0.25) is 0 Å². The Balaban J connectivity index is 0.00000128. The molecule has 0 atom stereocenters. The van der Waals surface area contributed by atoms with Crippen molar-refractivity contribution in [3.8, 4) is 11.5 Å². The molecule has 1 aliphatic heterocycles. The van der Waals surface area contributed by atoms with Gasteiger partial charge >= 0.3 is 0 Å². The molecule has 6 heteroatoms. The van der Waals surface area contributed by atoms with Crippen LogP contribution < -0.4 is 22.7 Å². The predicted octanol–water partition coefficient (Wildman–Crippen LogP) is -4.13. The van der Waals surface area contributed by atoms with Crippen molar-refractivity contribution in [1.82, 2.24) is 5.32 Å². The number of hydrogen-bond acceptors (Lipinski definition) is 3. The van der Waals surface area contributed by atoms with E-state index in [1.165, 1.54) is 12.1 Å². The molecule has 0 fully saturated rings. The van der Waals surface area contributed by atoms with Crippen LogP contribution >= 0.6 is 0 Å². The molecule has 0 aromatic heterocycles. The summed E-state index contributed by atoms with van der Waals surface area (Å²) in [6, 6.07) is 2.57. The lowest BCUT2D eigenvalue weighted by atomic mass is 10.1. The predicted molar refractivity (Wildman–Crippen MR) is 52.3 cm³/mol. The van der Waals surface area contributed by atoms with Gasteiger partial charge in [0.05, 0.1) is 6.42 Å². The van der Waals surface area contributed by atoms with Crippen molar-refractivity contribution in [2.45, 2.75) is 6.42 Å². The van der Waals surface area contributed by atoms with Crippen LogP contribution in [0.3, 0.4) is 0 Å². The maximum absolute atomic E-state index is 13.1. The lowest BCUT2D eigenvalue weighted by molar-refractivity contribution is -0.445. The van der Waals surface area contributed by atoms with Gasteiger partial charge in [-0.25, -0.2) is 4.39 Å².